The Hall–Kier alpha value is -1.91. The predicted octanol–water partition coefficient (Wildman–Crippen LogP) is 2.99. The molecule has 0 aliphatic carbocycles. The smallest absolute Gasteiger partial charge is 0.303 e. The molecule has 0 radical (unpaired) electrons. The second kappa shape index (κ2) is 6.70. The first-order valence-electron chi connectivity index (χ1n) is 7.28. The van der Waals surface area contributed by atoms with Gasteiger partial charge < -0.3 is 10.0 Å². The molecule has 1 fully saturated rings. The van der Waals surface area contributed by atoms with Gasteiger partial charge in [-0.1, -0.05) is 6.07 Å². The van der Waals surface area contributed by atoms with Gasteiger partial charge in [0.1, 0.15) is 5.82 Å². The van der Waals surface area contributed by atoms with Crippen molar-refractivity contribution in [3.63, 3.8) is 0 Å². The van der Waals surface area contributed by atoms with Gasteiger partial charge in [0.2, 0.25) is 0 Å². The Bertz CT molecular complexity index is 544. The molecule has 1 amide bonds. The zero-order valence-corrected chi connectivity index (χ0v) is 12.1. The number of carbonyl (C=O) groups is 2. The van der Waals surface area contributed by atoms with Crippen LogP contribution >= 0.6 is 0 Å². The van der Waals surface area contributed by atoms with E-state index >= 15 is 0 Å². The van der Waals surface area contributed by atoms with Gasteiger partial charge in [-0.15, -0.1) is 0 Å². The number of carbonyl (C=O) groups excluding carboxylic acids is 1. The van der Waals surface area contributed by atoms with Crippen molar-refractivity contribution in [1.29, 1.82) is 0 Å². The molecule has 0 bridgehead atoms. The molecular formula is C16H20FNO3. The molecule has 4 nitrogen and oxygen atoms in total. The first-order valence-corrected chi connectivity index (χ1v) is 7.28. The summed E-state index contributed by atoms with van der Waals surface area (Å²) in [6.45, 7) is 2.26. The first-order chi connectivity index (χ1) is 9.99. The van der Waals surface area contributed by atoms with Crippen molar-refractivity contribution < 1.29 is 19.1 Å². The van der Waals surface area contributed by atoms with Crippen LogP contribution in [0.4, 0.5) is 4.39 Å². The number of amides is 1. The van der Waals surface area contributed by atoms with Crippen LogP contribution in [0.15, 0.2) is 18.2 Å². The lowest BCUT2D eigenvalue weighted by atomic mass is 9.96. The number of hydrogen-bond donors (Lipinski definition) is 1. The molecule has 1 heterocycles. The quantitative estimate of drug-likeness (QED) is 0.928. The van der Waals surface area contributed by atoms with Gasteiger partial charge in [-0.3, -0.25) is 9.59 Å². The molecule has 1 N–H and O–H groups in total. The number of carboxylic acids is 1. The van der Waals surface area contributed by atoms with Crippen LogP contribution in [0.5, 0.6) is 0 Å². The van der Waals surface area contributed by atoms with Crippen LogP contribution in [0.1, 0.15) is 48.0 Å². The highest BCUT2D eigenvalue weighted by molar-refractivity contribution is 5.94. The highest BCUT2D eigenvalue weighted by Gasteiger charge is 2.28. The van der Waals surface area contributed by atoms with E-state index in [1.54, 1.807) is 24.0 Å². The Balaban J connectivity index is 2.13. The van der Waals surface area contributed by atoms with Crippen molar-refractivity contribution >= 4 is 11.9 Å². The molecule has 1 saturated heterocycles. The summed E-state index contributed by atoms with van der Waals surface area (Å²) in [5.74, 6) is -1.45. The lowest BCUT2D eigenvalue weighted by molar-refractivity contribution is -0.137. The Morgan fingerprint density at radius 2 is 2.14 bits per heavy atom. The summed E-state index contributed by atoms with van der Waals surface area (Å²) >= 11 is 0. The largest absolute Gasteiger partial charge is 0.481 e. The van der Waals surface area contributed by atoms with Gasteiger partial charge >= 0.3 is 5.97 Å². The lowest BCUT2D eigenvalue weighted by Crippen LogP contribution is -2.44. The molecule has 1 aliphatic rings. The van der Waals surface area contributed by atoms with Gasteiger partial charge in [0.05, 0.1) is 0 Å². The summed E-state index contributed by atoms with van der Waals surface area (Å²) in [5, 5.41) is 8.80. The lowest BCUT2D eigenvalue weighted by Gasteiger charge is -2.35. The van der Waals surface area contributed by atoms with Crippen LogP contribution in [0.2, 0.25) is 0 Å². The zero-order valence-electron chi connectivity index (χ0n) is 12.1. The van der Waals surface area contributed by atoms with E-state index in [0.29, 0.717) is 24.1 Å². The highest BCUT2D eigenvalue weighted by Crippen LogP contribution is 2.23. The van der Waals surface area contributed by atoms with E-state index in [-0.39, 0.29) is 24.2 Å². The summed E-state index contributed by atoms with van der Waals surface area (Å²) in [5.41, 5.74) is 0.841. The van der Waals surface area contributed by atoms with Crippen molar-refractivity contribution in [2.24, 2.45) is 0 Å². The van der Waals surface area contributed by atoms with Crippen LogP contribution in [-0.4, -0.2) is 34.5 Å². The van der Waals surface area contributed by atoms with Crippen molar-refractivity contribution in [2.45, 2.75) is 45.1 Å². The normalized spacial score (nSPS) is 18.6. The van der Waals surface area contributed by atoms with Crippen LogP contribution < -0.4 is 0 Å². The van der Waals surface area contributed by atoms with Crippen molar-refractivity contribution in [3.05, 3.63) is 35.1 Å². The maximum Gasteiger partial charge on any atom is 0.303 e. The average Bonchev–Trinajstić information content (AvgIpc) is 2.47. The van der Waals surface area contributed by atoms with E-state index in [1.165, 1.54) is 6.07 Å². The third-order valence-corrected chi connectivity index (χ3v) is 4.00. The van der Waals surface area contributed by atoms with E-state index in [9.17, 15) is 14.0 Å². The Morgan fingerprint density at radius 3 is 2.81 bits per heavy atom. The molecule has 1 aromatic carbocycles. The van der Waals surface area contributed by atoms with Crippen LogP contribution in [0.3, 0.4) is 0 Å². The molecule has 0 unspecified atom stereocenters. The number of halogens is 1. The molecule has 114 valence electrons. The number of benzene rings is 1. The van der Waals surface area contributed by atoms with Crippen molar-refractivity contribution in [3.8, 4) is 0 Å². The van der Waals surface area contributed by atoms with Gasteiger partial charge in [0.25, 0.3) is 5.91 Å². The molecule has 0 spiro atoms. The number of nitrogens with zero attached hydrogens (tertiary/aromatic N) is 1. The number of rotatable bonds is 4. The fourth-order valence-corrected chi connectivity index (χ4v) is 2.75. The predicted molar refractivity (Wildman–Crippen MR) is 76.7 cm³/mol. The Morgan fingerprint density at radius 1 is 1.38 bits per heavy atom. The minimum atomic E-state index is -0.852. The van der Waals surface area contributed by atoms with Crippen molar-refractivity contribution in [2.75, 3.05) is 6.54 Å². The molecule has 1 aliphatic heterocycles. The molecule has 1 aromatic rings. The number of aliphatic carboxylic acids is 1. The summed E-state index contributed by atoms with van der Waals surface area (Å²) in [4.78, 5) is 25.0. The van der Waals surface area contributed by atoms with Crippen LogP contribution in [0, 0.1) is 12.7 Å². The third-order valence-electron chi connectivity index (χ3n) is 4.00. The van der Waals surface area contributed by atoms with Gasteiger partial charge in [0.15, 0.2) is 0 Å². The highest BCUT2D eigenvalue weighted by atomic mass is 19.1. The fourth-order valence-electron chi connectivity index (χ4n) is 2.75. The topological polar surface area (TPSA) is 57.6 Å². The van der Waals surface area contributed by atoms with Crippen molar-refractivity contribution in [1.82, 2.24) is 4.90 Å². The van der Waals surface area contributed by atoms with E-state index < -0.39 is 5.97 Å². The number of carboxylic acid groups (broad SMARTS) is 1. The Kier molecular flexibility index (Phi) is 4.94. The maximum atomic E-state index is 13.6. The molecule has 21 heavy (non-hydrogen) atoms. The van der Waals surface area contributed by atoms with E-state index in [4.69, 9.17) is 5.11 Å². The minimum absolute atomic E-state index is 0.0523. The minimum Gasteiger partial charge on any atom is -0.481 e. The average molecular weight is 293 g/mol. The van der Waals surface area contributed by atoms with Crippen LogP contribution in [-0.2, 0) is 4.79 Å². The maximum absolute atomic E-state index is 13.6. The van der Waals surface area contributed by atoms with E-state index in [0.717, 1.165) is 19.3 Å². The molecule has 0 aromatic heterocycles. The fraction of sp³-hybridized carbons (Fsp3) is 0.500. The number of aryl methyl sites for hydroxylation is 1. The second-order valence-electron chi connectivity index (χ2n) is 5.54. The summed E-state index contributed by atoms with van der Waals surface area (Å²) in [7, 11) is 0. The molecule has 0 saturated carbocycles. The van der Waals surface area contributed by atoms with E-state index in [2.05, 4.69) is 0 Å². The van der Waals surface area contributed by atoms with E-state index in [1.807, 2.05) is 0 Å². The summed E-state index contributed by atoms with van der Waals surface area (Å²) < 4.78 is 13.6. The first kappa shape index (κ1) is 15.5. The molecular weight excluding hydrogens is 273 g/mol. The standard InChI is InChI=1S/C16H20FNO3/c1-11-5-6-12(10-14(11)17)16(21)18-9-3-2-4-13(18)7-8-15(19)20/h5-6,10,13H,2-4,7-9H2,1H3,(H,19,20)/t13-/m1/s1. The Labute approximate surface area is 123 Å². The van der Waals surface area contributed by atoms with Gasteiger partial charge in [0, 0.05) is 24.6 Å². The number of likely N-dealkylation sites (tertiary alicyclic amines) is 1. The molecule has 1 atom stereocenters. The second-order valence-corrected chi connectivity index (χ2v) is 5.54. The number of hydrogen-bond acceptors (Lipinski definition) is 2. The van der Waals surface area contributed by atoms with Gasteiger partial charge in [-0.2, -0.15) is 0 Å². The zero-order chi connectivity index (χ0) is 15.4. The van der Waals surface area contributed by atoms with Gasteiger partial charge in [-0.05, 0) is 50.3 Å². The van der Waals surface area contributed by atoms with Gasteiger partial charge in [-0.25, -0.2) is 4.39 Å². The monoisotopic (exact) mass is 293 g/mol. The summed E-state index contributed by atoms with van der Waals surface area (Å²) in [6, 6.07) is 4.43. The van der Waals surface area contributed by atoms with Crippen LogP contribution in [0.25, 0.3) is 0 Å². The third kappa shape index (κ3) is 3.80. The molecule has 5 heteroatoms. The number of piperidine rings is 1. The summed E-state index contributed by atoms with van der Waals surface area (Å²) in [6.07, 6.45) is 3.22. The molecule has 2 rings (SSSR count). The SMILES string of the molecule is Cc1ccc(C(=O)N2CCCC[C@@H]2CCC(=O)O)cc1F.